The summed E-state index contributed by atoms with van der Waals surface area (Å²) in [6.07, 6.45) is 0.758. The number of hydrogen-bond acceptors (Lipinski definition) is 4. The molecule has 1 atom stereocenters. The first-order chi connectivity index (χ1) is 9.80. The molecule has 21 heavy (non-hydrogen) atoms. The van der Waals surface area contributed by atoms with E-state index in [1.54, 1.807) is 0 Å². The van der Waals surface area contributed by atoms with Gasteiger partial charge < -0.3 is 9.84 Å². The second-order valence-corrected chi connectivity index (χ2v) is 7.12. The molecule has 1 aromatic carbocycles. The first-order valence-corrected chi connectivity index (χ1v) is 8.27. The van der Waals surface area contributed by atoms with Gasteiger partial charge in [-0.3, -0.25) is 4.79 Å². The summed E-state index contributed by atoms with van der Waals surface area (Å²) in [5, 5.41) is 8.92. The Kier molecular flexibility index (Phi) is 4.67. The van der Waals surface area contributed by atoms with Crippen LogP contribution in [0.4, 0.5) is 0 Å². The van der Waals surface area contributed by atoms with Gasteiger partial charge in [0.25, 0.3) is 0 Å². The topological polar surface area (TPSA) is 83.9 Å². The second kappa shape index (κ2) is 6.00. The normalized spacial score (nSPS) is 19.7. The third-order valence-corrected chi connectivity index (χ3v) is 6.23. The number of ether oxygens (including phenoxy) is 1. The molecule has 0 radical (unpaired) electrons. The first-order valence-electron chi connectivity index (χ1n) is 6.07. The number of aliphatic carboxylic acids is 1. The summed E-state index contributed by atoms with van der Waals surface area (Å²) in [4.78, 5) is 10.9. The van der Waals surface area contributed by atoms with Gasteiger partial charge in [0.2, 0.25) is 10.0 Å². The zero-order valence-electron chi connectivity index (χ0n) is 11.0. The highest BCUT2D eigenvalue weighted by molar-refractivity contribution is 7.89. The van der Waals surface area contributed by atoms with Crippen molar-refractivity contribution in [2.24, 2.45) is 0 Å². The number of carboxylic acid groups (broad SMARTS) is 1. The molecule has 0 bridgehead atoms. The Balaban J connectivity index is 2.50. The van der Waals surface area contributed by atoms with Crippen LogP contribution in [0.15, 0.2) is 17.0 Å². The van der Waals surface area contributed by atoms with Crippen LogP contribution in [-0.4, -0.2) is 43.5 Å². The maximum atomic E-state index is 12.6. The summed E-state index contributed by atoms with van der Waals surface area (Å²) in [5.41, 5.74) is 0. The van der Waals surface area contributed by atoms with Gasteiger partial charge in [0.15, 0.2) is 0 Å². The number of halogens is 2. The van der Waals surface area contributed by atoms with Gasteiger partial charge in [-0.2, -0.15) is 4.31 Å². The van der Waals surface area contributed by atoms with E-state index < -0.39 is 22.0 Å². The van der Waals surface area contributed by atoms with E-state index >= 15 is 0 Å². The van der Waals surface area contributed by atoms with Crippen LogP contribution >= 0.6 is 23.2 Å². The van der Waals surface area contributed by atoms with Crippen molar-refractivity contribution in [2.75, 3.05) is 13.7 Å². The van der Waals surface area contributed by atoms with E-state index in [1.807, 2.05) is 0 Å². The molecule has 0 aliphatic carbocycles. The molecule has 1 aliphatic heterocycles. The van der Waals surface area contributed by atoms with Gasteiger partial charge in [0.1, 0.15) is 21.7 Å². The molecule has 0 aromatic heterocycles. The summed E-state index contributed by atoms with van der Waals surface area (Å²) < 4.78 is 31.1. The fraction of sp³-hybridized carbons (Fsp3) is 0.417. The molecule has 9 heteroatoms. The van der Waals surface area contributed by atoms with E-state index in [1.165, 1.54) is 19.2 Å². The highest BCUT2D eigenvalue weighted by Crippen LogP contribution is 2.39. The van der Waals surface area contributed by atoms with Crippen molar-refractivity contribution < 1.29 is 23.1 Å². The van der Waals surface area contributed by atoms with Crippen LogP contribution in [0.25, 0.3) is 0 Å². The number of rotatable bonds is 4. The van der Waals surface area contributed by atoms with Crippen molar-refractivity contribution in [1.82, 2.24) is 4.31 Å². The number of benzene rings is 1. The number of carboxylic acids is 1. The van der Waals surface area contributed by atoms with Gasteiger partial charge >= 0.3 is 5.97 Å². The lowest BCUT2D eigenvalue weighted by atomic mass is 10.2. The second-order valence-electron chi connectivity index (χ2n) is 4.51. The van der Waals surface area contributed by atoms with Gasteiger partial charge in [-0.05, 0) is 25.0 Å². The molecule has 1 heterocycles. The Labute approximate surface area is 132 Å². The van der Waals surface area contributed by atoms with Gasteiger partial charge in [-0.15, -0.1) is 0 Å². The summed E-state index contributed by atoms with van der Waals surface area (Å²) in [5.74, 6) is -0.927. The van der Waals surface area contributed by atoms with Crippen LogP contribution in [0.3, 0.4) is 0 Å². The van der Waals surface area contributed by atoms with Gasteiger partial charge in [0.05, 0.1) is 12.1 Å². The maximum Gasteiger partial charge on any atom is 0.322 e. The summed E-state index contributed by atoms with van der Waals surface area (Å²) in [7, 11) is -2.65. The summed E-state index contributed by atoms with van der Waals surface area (Å²) in [6.45, 7) is 0.138. The van der Waals surface area contributed by atoms with E-state index in [2.05, 4.69) is 0 Å². The third-order valence-electron chi connectivity index (χ3n) is 3.31. The van der Waals surface area contributed by atoms with Crippen molar-refractivity contribution in [3.8, 4) is 5.75 Å². The SMILES string of the molecule is COc1ccc(S(=O)(=O)N2CCCC2C(=O)O)c(Cl)c1Cl. The molecule has 1 N–H and O–H groups in total. The molecular weight excluding hydrogens is 341 g/mol. The lowest BCUT2D eigenvalue weighted by Gasteiger charge is -2.22. The van der Waals surface area contributed by atoms with E-state index in [-0.39, 0.29) is 33.7 Å². The molecule has 116 valence electrons. The predicted octanol–water partition coefficient (Wildman–Crippen LogP) is 2.24. The zero-order chi connectivity index (χ0) is 15.8. The summed E-state index contributed by atoms with van der Waals surface area (Å²) >= 11 is 12.0. The predicted molar refractivity (Wildman–Crippen MR) is 77.6 cm³/mol. The minimum Gasteiger partial charge on any atom is -0.495 e. The van der Waals surface area contributed by atoms with Gasteiger partial charge in [-0.1, -0.05) is 23.2 Å². The van der Waals surface area contributed by atoms with Crippen molar-refractivity contribution in [2.45, 2.75) is 23.8 Å². The Bertz CT molecular complexity index is 676. The van der Waals surface area contributed by atoms with E-state index in [0.717, 1.165) is 4.31 Å². The minimum atomic E-state index is -4.03. The van der Waals surface area contributed by atoms with Crippen LogP contribution in [0.1, 0.15) is 12.8 Å². The molecular formula is C12H13Cl2NO5S. The van der Waals surface area contributed by atoms with Crippen LogP contribution < -0.4 is 4.74 Å². The molecule has 2 rings (SSSR count). The van der Waals surface area contributed by atoms with E-state index in [9.17, 15) is 13.2 Å². The fourth-order valence-electron chi connectivity index (χ4n) is 2.27. The number of nitrogens with zero attached hydrogens (tertiary/aromatic N) is 1. The molecule has 0 saturated carbocycles. The number of sulfonamides is 1. The lowest BCUT2D eigenvalue weighted by Crippen LogP contribution is -2.40. The standard InChI is InChI=1S/C12H13Cl2NO5S/c1-20-8-4-5-9(11(14)10(8)13)21(18,19)15-6-2-3-7(15)12(16)17/h4-5,7H,2-3,6H2,1H3,(H,16,17). The Morgan fingerprint density at radius 1 is 1.38 bits per heavy atom. The largest absolute Gasteiger partial charge is 0.495 e. The third kappa shape index (κ3) is 2.83. The van der Waals surface area contributed by atoms with Crippen molar-refractivity contribution in [3.05, 3.63) is 22.2 Å². The van der Waals surface area contributed by atoms with Gasteiger partial charge in [0, 0.05) is 6.54 Å². The molecule has 6 nitrogen and oxygen atoms in total. The Morgan fingerprint density at radius 2 is 2.05 bits per heavy atom. The fourth-order valence-corrected chi connectivity index (χ4v) is 4.74. The molecule has 0 amide bonds. The van der Waals surface area contributed by atoms with Crippen molar-refractivity contribution >= 4 is 39.2 Å². The maximum absolute atomic E-state index is 12.6. The minimum absolute atomic E-state index is 0.0219. The average molecular weight is 354 g/mol. The van der Waals surface area contributed by atoms with E-state index in [0.29, 0.717) is 6.42 Å². The molecule has 1 aromatic rings. The lowest BCUT2D eigenvalue weighted by molar-refractivity contribution is -0.140. The Morgan fingerprint density at radius 3 is 2.62 bits per heavy atom. The summed E-state index contributed by atoms with van der Waals surface area (Å²) in [6, 6.07) is 1.57. The molecule has 1 saturated heterocycles. The first kappa shape index (κ1) is 16.4. The van der Waals surface area contributed by atoms with Crippen LogP contribution in [0, 0.1) is 0 Å². The monoisotopic (exact) mass is 353 g/mol. The van der Waals surface area contributed by atoms with Crippen LogP contribution in [-0.2, 0) is 14.8 Å². The molecule has 1 aliphatic rings. The van der Waals surface area contributed by atoms with Crippen LogP contribution in [0.2, 0.25) is 10.0 Å². The molecule has 0 spiro atoms. The molecule has 1 unspecified atom stereocenters. The highest BCUT2D eigenvalue weighted by atomic mass is 35.5. The van der Waals surface area contributed by atoms with E-state index in [4.69, 9.17) is 33.0 Å². The number of carbonyl (C=O) groups is 1. The smallest absolute Gasteiger partial charge is 0.322 e. The number of hydrogen-bond donors (Lipinski definition) is 1. The Hall–Kier alpha value is -1.02. The van der Waals surface area contributed by atoms with Crippen LogP contribution in [0.5, 0.6) is 5.75 Å². The van der Waals surface area contributed by atoms with Gasteiger partial charge in [-0.25, -0.2) is 8.42 Å². The zero-order valence-corrected chi connectivity index (χ0v) is 13.4. The highest BCUT2D eigenvalue weighted by Gasteiger charge is 2.40. The van der Waals surface area contributed by atoms with Crippen molar-refractivity contribution in [3.63, 3.8) is 0 Å². The number of methoxy groups -OCH3 is 1. The average Bonchev–Trinajstić information content (AvgIpc) is 2.91. The van der Waals surface area contributed by atoms with Crippen molar-refractivity contribution in [1.29, 1.82) is 0 Å². The quantitative estimate of drug-likeness (QED) is 0.897. The molecule has 1 fully saturated rings.